The van der Waals surface area contributed by atoms with Crippen LogP contribution < -0.4 is 16.0 Å². The summed E-state index contributed by atoms with van der Waals surface area (Å²) in [5.41, 5.74) is 0.779. The molecule has 122 valence electrons. The monoisotopic (exact) mass is 333 g/mol. The van der Waals surface area contributed by atoms with Gasteiger partial charge in [-0.15, -0.1) is 0 Å². The number of nitrogens with zero attached hydrogens (tertiary/aromatic N) is 1. The number of ether oxygens (including phenoxy) is 1. The second-order valence-electron chi connectivity index (χ2n) is 5.28. The molecule has 6 heteroatoms. The molecule has 0 saturated heterocycles. The van der Waals surface area contributed by atoms with Crippen LogP contribution in [0.15, 0.2) is 84.1 Å². The van der Waals surface area contributed by atoms with Gasteiger partial charge in [-0.05, 0) is 42.5 Å². The molecule has 0 unspecified atom stereocenters. The van der Waals surface area contributed by atoms with Crippen LogP contribution in [0, 0.1) is 0 Å². The number of benzene rings is 2. The van der Waals surface area contributed by atoms with E-state index in [4.69, 9.17) is 13.6 Å². The predicted octanol–water partition coefficient (Wildman–Crippen LogP) is 3.64. The zero-order valence-electron chi connectivity index (χ0n) is 12.8. The smallest absolute Gasteiger partial charge is 0.336 e. The van der Waals surface area contributed by atoms with E-state index in [1.165, 1.54) is 18.5 Å². The van der Waals surface area contributed by atoms with Gasteiger partial charge in [0, 0.05) is 29.0 Å². The molecule has 6 nitrogen and oxygen atoms in total. The molecule has 4 aromatic rings. The Morgan fingerprint density at radius 1 is 0.760 bits per heavy atom. The van der Waals surface area contributed by atoms with Gasteiger partial charge in [0.25, 0.3) is 0 Å². The number of rotatable bonds is 3. The van der Waals surface area contributed by atoms with Crippen molar-refractivity contribution in [1.82, 2.24) is 0 Å². The Hall–Kier alpha value is -3.67. The third kappa shape index (κ3) is 3.18. The molecular weight excluding hydrogens is 322 g/mol. The first-order chi connectivity index (χ1) is 12.2. The Balaban J connectivity index is 1.57. The third-order valence-electron chi connectivity index (χ3n) is 3.59. The van der Waals surface area contributed by atoms with E-state index >= 15 is 0 Å². The lowest BCUT2D eigenvalue weighted by molar-refractivity contribution is 0.549. The largest absolute Gasteiger partial charge is 0.446 e. The fourth-order valence-corrected chi connectivity index (χ4v) is 2.40. The summed E-state index contributed by atoms with van der Waals surface area (Å²) in [6.07, 6.45) is 1.29. The lowest BCUT2D eigenvalue weighted by Crippen LogP contribution is -1.95. The molecule has 0 amide bonds. The van der Waals surface area contributed by atoms with E-state index in [-0.39, 0.29) is 0 Å². The lowest BCUT2D eigenvalue weighted by Gasteiger charge is -2.01. The zero-order valence-corrected chi connectivity index (χ0v) is 12.8. The van der Waals surface area contributed by atoms with Gasteiger partial charge in [0.2, 0.25) is 0 Å². The van der Waals surface area contributed by atoms with Crippen LogP contribution in [0.3, 0.4) is 0 Å². The van der Waals surface area contributed by atoms with E-state index in [9.17, 15) is 9.59 Å². The molecule has 25 heavy (non-hydrogen) atoms. The van der Waals surface area contributed by atoms with Crippen LogP contribution in [-0.4, -0.2) is 6.40 Å². The SMILES string of the molecule is O=c1ccc2cc(N=COc3ccc4ccc(=O)oc4c3)ccc2o1. The highest BCUT2D eigenvalue weighted by Crippen LogP contribution is 2.21. The first-order valence-corrected chi connectivity index (χ1v) is 7.44. The van der Waals surface area contributed by atoms with Gasteiger partial charge in [0.1, 0.15) is 16.9 Å². The Morgan fingerprint density at radius 3 is 2.32 bits per heavy atom. The molecular formula is C19H11NO5. The summed E-state index contributed by atoms with van der Waals surface area (Å²) in [4.78, 5) is 26.6. The van der Waals surface area contributed by atoms with Crippen molar-refractivity contribution in [2.75, 3.05) is 0 Å². The Bertz CT molecular complexity index is 1220. The summed E-state index contributed by atoms with van der Waals surface area (Å²) in [6.45, 7) is 0. The molecule has 0 fully saturated rings. The van der Waals surface area contributed by atoms with E-state index < -0.39 is 11.3 Å². The second-order valence-corrected chi connectivity index (χ2v) is 5.28. The average molecular weight is 333 g/mol. The van der Waals surface area contributed by atoms with Crippen LogP contribution in [0.2, 0.25) is 0 Å². The maximum Gasteiger partial charge on any atom is 0.336 e. The molecule has 2 aromatic heterocycles. The van der Waals surface area contributed by atoms with Crippen LogP contribution >= 0.6 is 0 Å². The van der Waals surface area contributed by atoms with E-state index in [0.29, 0.717) is 22.6 Å². The van der Waals surface area contributed by atoms with Gasteiger partial charge >= 0.3 is 11.3 Å². The summed E-state index contributed by atoms with van der Waals surface area (Å²) in [5, 5.41) is 1.57. The molecule has 0 bridgehead atoms. The molecule has 0 aliphatic rings. The van der Waals surface area contributed by atoms with Crippen molar-refractivity contribution in [3.63, 3.8) is 0 Å². The minimum Gasteiger partial charge on any atom is -0.446 e. The van der Waals surface area contributed by atoms with Gasteiger partial charge in [-0.25, -0.2) is 14.6 Å². The maximum absolute atomic E-state index is 11.3. The van der Waals surface area contributed by atoms with Gasteiger partial charge in [-0.2, -0.15) is 0 Å². The Labute approximate surface area is 140 Å². The van der Waals surface area contributed by atoms with Gasteiger partial charge < -0.3 is 13.6 Å². The van der Waals surface area contributed by atoms with Gasteiger partial charge in [0.15, 0.2) is 6.40 Å². The van der Waals surface area contributed by atoms with E-state index in [0.717, 1.165) is 10.8 Å². The first-order valence-electron chi connectivity index (χ1n) is 7.44. The Morgan fingerprint density at radius 2 is 1.48 bits per heavy atom. The standard InChI is InChI=1S/C19H11NO5/c21-18-8-3-13-9-14(4-6-16(13)24-18)20-11-23-15-5-1-12-2-7-19(22)25-17(12)10-15/h1-11H. The zero-order chi connectivity index (χ0) is 17.2. The molecule has 0 aliphatic heterocycles. The second kappa shape index (κ2) is 6.09. The molecule has 4 rings (SSSR count). The van der Waals surface area contributed by atoms with E-state index in [2.05, 4.69) is 4.99 Å². The lowest BCUT2D eigenvalue weighted by atomic mass is 10.2. The van der Waals surface area contributed by atoms with E-state index in [1.807, 2.05) is 0 Å². The number of hydrogen-bond donors (Lipinski definition) is 0. The highest BCUT2D eigenvalue weighted by molar-refractivity contribution is 5.81. The van der Waals surface area contributed by atoms with Crippen molar-refractivity contribution in [1.29, 1.82) is 0 Å². The van der Waals surface area contributed by atoms with Crippen LogP contribution in [0.4, 0.5) is 5.69 Å². The molecule has 0 saturated carbocycles. The summed E-state index contributed by atoms with van der Waals surface area (Å²) in [7, 11) is 0. The highest BCUT2D eigenvalue weighted by atomic mass is 16.5. The van der Waals surface area contributed by atoms with Crippen LogP contribution in [-0.2, 0) is 0 Å². The maximum atomic E-state index is 11.3. The van der Waals surface area contributed by atoms with E-state index in [1.54, 1.807) is 48.5 Å². The summed E-state index contributed by atoms with van der Waals surface area (Å²) < 4.78 is 15.6. The molecule has 2 aromatic carbocycles. The highest BCUT2D eigenvalue weighted by Gasteiger charge is 2.01. The fraction of sp³-hybridized carbons (Fsp3) is 0. The van der Waals surface area contributed by atoms with Gasteiger partial charge in [-0.1, -0.05) is 0 Å². The summed E-state index contributed by atoms with van der Waals surface area (Å²) in [6, 6.07) is 16.4. The molecule has 0 atom stereocenters. The average Bonchev–Trinajstić information content (AvgIpc) is 2.61. The van der Waals surface area contributed by atoms with Crippen molar-refractivity contribution >= 4 is 34.0 Å². The third-order valence-corrected chi connectivity index (χ3v) is 3.59. The molecule has 2 heterocycles. The van der Waals surface area contributed by atoms with Crippen LogP contribution in [0.1, 0.15) is 0 Å². The molecule has 0 spiro atoms. The number of aliphatic imine (C=N–C) groups is 1. The quantitative estimate of drug-likeness (QED) is 0.325. The molecule has 0 aliphatic carbocycles. The number of fused-ring (bicyclic) bond motifs is 2. The summed E-state index contributed by atoms with van der Waals surface area (Å²) in [5.74, 6) is 0.498. The van der Waals surface area contributed by atoms with Gasteiger partial charge in [-0.3, -0.25) is 0 Å². The molecule has 0 N–H and O–H groups in total. The van der Waals surface area contributed by atoms with Crippen molar-refractivity contribution in [2.24, 2.45) is 4.99 Å². The van der Waals surface area contributed by atoms with Crippen LogP contribution in [0.25, 0.3) is 21.9 Å². The van der Waals surface area contributed by atoms with Crippen molar-refractivity contribution in [3.05, 3.63) is 81.5 Å². The number of hydrogen-bond acceptors (Lipinski definition) is 6. The minimum atomic E-state index is -0.416. The minimum absolute atomic E-state index is 0.393. The predicted molar refractivity (Wildman–Crippen MR) is 93.7 cm³/mol. The molecule has 0 radical (unpaired) electrons. The van der Waals surface area contributed by atoms with Crippen molar-refractivity contribution in [3.8, 4) is 5.75 Å². The van der Waals surface area contributed by atoms with Crippen LogP contribution in [0.5, 0.6) is 5.75 Å². The van der Waals surface area contributed by atoms with Crippen molar-refractivity contribution < 1.29 is 13.6 Å². The first kappa shape index (κ1) is 14.9. The van der Waals surface area contributed by atoms with Gasteiger partial charge in [0.05, 0.1) is 5.69 Å². The summed E-state index contributed by atoms with van der Waals surface area (Å²) >= 11 is 0. The fourth-order valence-electron chi connectivity index (χ4n) is 2.40. The Kier molecular flexibility index (Phi) is 3.63. The normalized spacial score (nSPS) is 11.4. The topological polar surface area (TPSA) is 82.0 Å². The van der Waals surface area contributed by atoms with Crippen molar-refractivity contribution in [2.45, 2.75) is 0 Å².